The maximum Gasteiger partial charge on any atom is 0.222 e. The first-order chi connectivity index (χ1) is 12.3. The minimum atomic E-state index is -0.310. The molecule has 3 aromatic rings. The molecule has 7 heteroatoms. The standard InChI is InChI=1S/C19H20FN5S/c1-19(2,3)16-11-17(25-18(21)24-16)23-12-4-5-15(14(20)10-12)26-13-6-8-22-9-7-13/h4-11H,1-3H3,(H3,21,23,24,25). The third kappa shape index (κ3) is 4.49. The maximum atomic E-state index is 14.5. The Hall–Kier alpha value is -2.67. The van der Waals surface area contributed by atoms with Gasteiger partial charge >= 0.3 is 0 Å². The van der Waals surface area contributed by atoms with E-state index in [1.165, 1.54) is 17.8 Å². The molecule has 0 atom stereocenters. The van der Waals surface area contributed by atoms with Gasteiger partial charge in [0.2, 0.25) is 5.95 Å². The van der Waals surface area contributed by atoms with Crippen molar-refractivity contribution < 1.29 is 4.39 Å². The summed E-state index contributed by atoms with van der Waals surface area (Å²) in [5.74, 6) is 0.413. The summed E-state index contributed by atoms with van der Waals surface area (Å²) >= 11 is 1.35. The van der Waals surface area contributed by atoms with Crippen LogP contribution in [-0.2, 0) is 5.41 Å². The van der Waals surface area contributed by atoms with Gasteiger partial charge in [-0.15, -0.1) is 0 Å². The molecule has 0 fully saturated rings. The molecule has 0 aliphatic heterocycles. The van der Waals surface area contributed by atoms with Crippen LogP contribution in [0.3, 0.4) is 0 Å². The predicted octanol–water partition coefficient (Wildman–Crippen LogP) is 4.79. The van der Waals surface area contributed by atoms with Crippen LogP contribution in [0.25, 0.3) is 0 Å². The highest BCUT2D eigenvalue weighted by Crippen LogP contribution is 2.31. The molecule has 0 spiro atoms. The van der Waals surface area contributed by atoms with Crippen LogP contribution in [0.5, 0.6) is 0 Å². The molecule has 26 heavy (non-hydrogen) atoms. The van der Waals surface area contributed by atoms with E-state index in [0.29, 0.717) is 16.4 Å². The van der Waals surface area contributed by atoms with Crippen molar-refractivity contribution in [1.29, 1.82) is 0 Å². The van der Waals surface area contributed by atoms with Gasteiger partial charge in [0.15, 0.2) is 0 Å². The van der Waals surface area contributed by atoms with Crippen molar-refractivity contribution in [2.45, 2.75) is 36.0 Å². The third-order valence-corrected chi connectivity index (χ3v) is 4.65. The summed E-state index contributed by atoms with van der Waals surface area (Å²) in [5, 5.41) is 3.10. The highest BCUT2D eigenvalue weighted by atomic mass is 32.2. The maximum absolute atomic E-state index is 14.5. The number of hydrogen-bond acceptors (Lipinski definition) is 6. The number of anilines is 3. The van der Waals surface area contributed by atoms with Crippen molar-refractivity contribution in [3.8, 4) is 0 Å². The zero-order chi connectivity index (χ0) is 18.7. The Morgan fingerprint density at radius 3 is 2.42 bits per heavy atom. The van der Waals surface area contributed by atoms with E-state index in [1.807, 2.05) is 45.0 Å². The van der Waals surface area contributed by atoms with E-state index in [9.17, 15) is 4.39 Å². The Morgan fingerprint density at radius 2 is 1.77 bits per heavy atom. The summed E-state index contributed by atoms with van der Waals surface area (Å²) in [6.07, 6.45) is 3.37. The zero-order valence-corrected chi connectivity index (χ0v) is 15.6. The average molecular weight is 369 g/mol. The van der Waals surface area contributed by atoms with Crippen LogP contribution in [-0.4, -0.2) is 15.0 Å². The molecular formula is C19H20FN5S. The van der Waals surface area contributed by atoms with Gasteiger partial charge in [-0.25, -0.2) is 9.37 Å². The number of benzene rings is 1. The summed E-state index contributed by atoms with van der Waals surface area (Å²) in [6.45, 7) is 6.13. The van der Waals surface area contributed by atoms with E-state index in [4.69, 9.17) is 5.73 Å². The van der Waals surface area contributed by atoms with E-state index < -0.39 is 0 Å². The molecule has 0 unspecified atom stereocenters. The number of hydrogen-bond donors (Lipinski definition) is 2. The molecule has 1 aromatic carbocycles. The van der Waals surface area contributed by atoms with Crippen LogP contribution in [0.4, 0.5) is 21.8 Å². The van der Waals surface area contributed by atoms with E-state index in [0.717, 1.165) is 10.6 Å². The summed E-state index contributed by atoms with van der Waals surface area (Å²) < 4.78 is 14.5. The lowest BCUT2D eigenvalue weighted by atomic mass is 9.92. The smallest absolute Gasteiger partial charge is 0.222 e. The molecule has 0 radical (unpaired) electrons. The van der Waals surface area contributed by atoms with Gasteiger partial charge < -0.3 is 11.1 Å². The first-order valence-corrected chi connectivity index (χ1v) is 8.92. The van der Waals surface area contributed by atoms with Crippen LogP contribution in [0.15, 0.2) is 58.6 Å². The summed E-state index contributed by atoms with van der Waals surface area (Å²) in [5.41, 5.74) is 7.06. The highest BCUT2D eigenvalue weighted by molar-refractivity contribution is 7.99. The molecule has 2 heterocycles. The molecule has 0 saturated heterocycles. The van der Waals surface area contributed by atoms with Gasteiger partial charge in [-0.2, -0.15) is 4.98 Å². The lowest BCUT2D eigenvalue weighted by molar-refractivity contribution is 0.568. The molecule has 3 rings (SSSR count). The largest absolute Gasteiger partial charge is 0.368 e. The quantitative estimate of drug-likeness (QED) is 0.689. The Balaban J connectivity index is 1.81. The zero-order valence-electron chi connectivity index (χ0n) is 14.8. The molecule has 3 N–H and O–H groups in total. The normalized spacial score (nSPS) is 11.4. The average Bonchev–Trinajstić information content (AvgIpc) is 2.57. The van der Waals surface area contributed by atoms with E-state index in [-0.39, 0.29) is 17.2 Å². The van der Waals surface area contributed by atoms with Crippen LogP contribution >= 0.6 is 11.8 Å². The van der Waals surface area contributed by atoms with Crippen LogP contribution in [0.2, 0.25) is 0 Å². The molecule has 0 aliphatic rings. The fourth-order valence-corrected chi connectivity index (χ4v) is 3.06. The SMILES string of the molecule is CC(C)(C)c1cc(Nc2ccc(Sc3ccncc3)c(F)c2)nc(N)n1. The van der Waals surface area contributed by atoms with E-state index in [1.54, 1.807) is 18.5 Å². The number of nitrogens with zero attached hydrogens (tertiary/aromatic N) is 3. The van der Waals surface area contributed by atoms with Gasteiger partial charge in [0, 0.05) is 39.4 Å². The van der Waals surface area contributed by atoms with Crippen molar-refractivity contribution >= 4 is 29.2 Å². The van der Waals surface area contributed by atoms with Crippen molar-refractivity contribution in [1.82, 2.24) is 15.0 Å². The van der Waals surface area contributed by atoms with Crippen molar-refractivity contribution in [2.24, 2.45) is 0 Å². The second kappa shape index (κ2) is 7.29. The van der Waals surface area contributed by atoms with Crippen LogP contribution in [0.1, 0.15) is 26.5 Å². The molecule has 0 saturated carbocycles. The van der Waals surface area contributed by atoms with E-state index in [2.05, 4.69) is 20.3 Å². The molecular weight excluding hydrogens is 349 g/mol. The Bertz CT molecular complexity index is 910. The fourth-order valence-electron chi connectivity index (χ4n) is 2.26. The van der Waals surface area contributed by atoms with Crippen LogP contribution < -0.4 is 11.1 Å². The van der Waals surface area contributed by atoms with Gasteiger partial charge in [-0.3, -0.25) is 4.98 Å². The first-order valence-electron chi connectivity index (χ1n) is 8.11. The number of aromatic nitrogens is 3. The van der Waals surface area contributed by atoms with Crippen molar-refractivity contribution in [2.75, 3.05) is 11.1 Å². The number of rotatable bonds is 4. The topological polar surface area (TPSA) is 76.7 Å². The van der Waals surface area contributed by atoms with Crippen molar-refractivity contribution in [3.05, 3.63) is 60.3 Å². The van der Waals surface area contributed by atoms with E-state index >= 15 is 0 Å². The lowest BCUT2D eigenvalue weighted by Crippen LogP contribution is -2.16. The third-order valence-electron chi connectivity index (χ3n) is 3.59. The molecule has 5 nitrogen and oxygen atoms in total. The molecule has 2 aromatic heterocycles. The fraction of sp³-hybridized carbons (Fsp3) is 0.211. The van der Waals surface area contributed by atoms with Crippen LogP contribution in [0, 0.1) is 5.82 Å². The summed E-state index contributed by atoms with van der Waals surface area (Å²) in [6, 6.07) is 10.5. The van der Waals surface area contributed by atoms with Gasteiger partial charge in [0.1, 0.15) is 11.6 Å². The predicted molar refractivity (Wildman–Crippen MR) is 103 cm³/mol. The van der Waals surface area contributed by atoms with Crippen molar-refractivity contribution in [3.63, 3.8) is 0 Å². The van der Waals surface area contributed by atoms with Gasteiger partial charge in [0.05, 0.1) is 5.69 Å². The molecule has 134 valence electrons. The summed E-state index contributed by atoms with van der Waals surface area (Å²) in [4.78, 5) is 13.9. The van der Waals surface area contributed by atoms with Gasteiger partial charge in [0.25, 0.3) is 0 Å². The number of pyridine rings is 1. The Labute approximate surface area is 156 Å². The highest BCUT2D eigenvalue weighted by Gasteiger charge is 2.17. The monoisotopic (exact) mass is 369 g/mol. The number of halogens is 1. The number of nitrogens with one attached hydrogen (secondary N) is 1. The first kappa shape index (κ1) is 18.1. The van der Waals surface area contributed by atoms with Gasteiger partial charge in [-0.05, 0) is 30.3 Å². The molecule has 0 aliphatic carbocycles. The second-order valence-corrected chi connectivity index (χ2v) is 7.92. The lowest BCUT2D eigenvalue weighted by Gasteiger charge is -2.19. The second-order valence-electron chi connectivity index (χ2n) is 6.80. The number of nitrogens with two attached hydrogens (primary N) is 1. The molecule has 0 amide bonds. The Morgan fingerprint density at radius 1 is 1.04 bits per heavy atom. The van der Waals surface area contributed by atoms with Gasteiger partial charge in [-0.1, -0.05) is 32.5 Å². The minimum Gasteiger partial charge on any atom is -0.368 e. The number of nitrogen functional groups attached to an aromatic ring is 1. The minimum absolute atomic E-state index is 0.163. The molecule has 0 bridgehead atoms. The summed E-state index contributed by atoms with van der Waals surface area (Å²) in [7, 11) is 0. The Kier molecular flexibility index (Phi) is 5.08.